The SMILES string of the molecule is COCCOc1ccc2nc3c(c(C(=O)O)c2c1)CC(C)C/C3=C\c1cccc(-c2ccc(Cl)c(C(F)(F)F)c2)c1. The van der Waals surface area contributed by atoms with Crippen molar-refractivity contribution in [3.63, 3.8) is 0 Å². The minimum Gasteiger partial charge on any atom is -0.491 e. The van der Waals surface area contributed by atoms with Crippen LogP contribution in [0.1, 0.15) is 46.1 Å². The summed E-state index contributed by atoms with van der Waals surface area (Å²) in [6.45, 7) is 2.79. The third-order valence-electron chi connectivity index (χ3n) is 7.09. The van der Waals surface area contributed by atoms with Crippen LogP contribution in [-0.4, -0.2) is 36.4 Å². The van der Waals surface area contributed by atoms with Crippen LogP contribution in [0, 0.1) is 5.92 Å². The number of fused-ring (bicyclic) bond motifs is 2. The van der Waals surface area contributed by atoms with E-state index in [0.29, 0.717) is 65.1 Å². The van der Waals surface area contributed by atoms with Crippen LogP contribution in [0.25, 0.3) is 33.7 Å². The molecule has 4 aromatic rings. The summed E-state index contributed by atoms with van der Waals surface area (Å²) in [5, 5.41) is 10.4. The Morgan fingerprint density at radius 2 is 1.85 bits per heavy atom. The third kappa shape index (κ3) is 6.09. The summed E-state index contributed by atoms with van der Waals surface area (Å²) in [6.07, 6.45) is -1.41. The molecule has 0 saturated heterocycles. The first-order valence-electron chi connectivity index (χ1n) is 13.0. The maximum atomic E-state index is 13.4. The molecule has 0 spiro atoms. The monoisotopic (exact) mass is 581 g/mol. The number of pyridine rings is 1. The van der Waals surface area contributed by atoms with Crippen molar-refractivity contribution in [1.82, 2.24) is 4.98 Å². The molecule has 1 atom stereocenters. The number of ether oxygens (including phenoxy) is 2. The molecular weight excluding hydrogens is 555 g/mol. The molecule has 0 saturated carbocycles. The summed E-state index contributed by atoms with van der Waals surface area (Å²) in [4.78, 5) is 17.4. The quantitative estimate of drug-likeness (QED) is 0.222. The lowest BCUT2D eigenvalue weighted by Crippen LogP contribution is -2.17. The fourth-order valence-corrected chi connectivity index (χ4v) is 5.50. The van der Waals surface area contributed by atoms with Crippen LogP contribution in [0.2, 0.25) is 5.02 Å². The predicted molar refractivity (Wildman–Crippen MR) is 153 cm³/mol. The molecular formula is C32H27ClF3NO4. The van der Waals surface area contributed by atoms with E-state index in [4.69, 9.17) is 26.1 Å². The van der Waals surface area contributed by atoms with Gasteiger partial charge in [-0.2, -0.15) is 13.2 Å². The van der Waals surface area contributed by atoms with Gasteiger partial charge in [-0.15, -0.1) is 0 Å². The number of carboxylic acids is 1. The van der Waals surface area contributed by atoms with E-state index < -0.39 is 17.7 Å². The van der Waals surface area contributed by atoms with Gasteiger partial charge in [0.05, 0.1) is 34.0 Å². The molecule has 41 heavy (non-hydrogen) atoms. The van der Waals surface area contributed by atoms with E-state index in [1.54, 1.807) is 49.6 Å². The smallest absolute Gasteiger partial charge is 0.417 e. The van der Waals surface area contributed by atoms with Gasteiger partial charge in [0.1, 0.15) is 12.4 Å². The highest BCUT2D eigenvalue weighted by atomic mass is 35.5. The Kier molecular flexibility index (Phi) is 8.07. The minimum atomic E-state index is -4.57. The number of carbonyl (C=O) groups is 1. The van der Waals surface area contributed by atoms with Crippen molar-refractivity contribution >= 4 is 40.1 Å². The Bertz CT molecular complexity index is 1670. The first-order chi connectivity index (χ1) is 19.5. The Hall–Kier alpha value is -3.88. The molecule has 0 amide bonds. The number of rotatable bonds is 7. The van der Waals surface area contributed by atoms with E-state index in [1.807, 2.05) is 12.1 Å². The zero-order valence-corrected chi connectivity index (χ0v) is 23.1. The van der Waals surface area contributed by atoms with Crippen molar-refractivity contribution in [2.75, 3.05) is 20.3 Å². The van der Waals surface area contributed by atoms with Crippen LogP contribution in [0.3, 0.4) is 0 Å². The lowest BCUT2D eigenvalue weighted by molar-refractivity contribution is -0.137. The standard InChI is InChI=1S/C32H27ClF3NO4/c1-18-12-22(15-19-4-3-5-20(14-19)21-6-8-27(33)26(16-21)32(34,35)36)30-25(13-18)29(31(38)39)24-17-23(41-11-10-40-2)7-9-28(24)37-30/h3-9,14-18H,10-13H2,1-2H3,(H,38,39)/b22-15+. The van der Waals surface area contributed by atoms with Gasteiger partial charge in [0, 0.05) is 12.5 Å². The van der Waals surface area contributed by atoms with Gasteiger partial charge in [0.2, 0.25) is 0 Å². The average molecular weight is 582 g/mol. The number of nitrogens with zero attached hydrogens (tertiary/aromatic N) is 1. The van der Waals surface area contributed by atoms with Crippen molar-refractivity contribution < 1.29 is 32.5 Å². The molecule has 0 fully saturated rings. The van der Waals surface area contributed by atoms with Gasteiger partial charge in [-0.3, -0.25) is 0 Å². The van der Waals surface area contributed by atoms with Gasteiger partial charge < -0.3 is 14.6 Å². The van der Waals surface area contributed by atoms with Crippen LogP contribution in [0.15, 0.2) is 60.7 Å². The number of aromatic carboxylic acids is 1. The Morgan fingerprint density at radius 1 is 1.07 bits per heavy atom. The highest BCUT2D eigenvalue weighted by Gasteiger charge is 2.33. The average Bonchev–Trinajstić information content (AvgIpc) is 2.91. The van der Waals surface area contributed by atoms with Crippen LogP contribution in [0.5, 0.6) is 5.75 Å². The topological polar surface area (TPSA) is 68.7 Å². The number of hydrogen-bond acceptors (Lipinski definition) is 4. The Balaban J connectivity index is 1.59. The zero-order valence-electron chi connectivity index (χ0n) is 22.4. The van der Waals surface area contributed by atoms with Gasteiger partial charge in [-0.1, -0.05) is 42.8 Å². The van der Waals surface area contributed by atoms with Crippen molar-refractivity contribution in [3.8, 4) is 16.9 Å². The lowest BCUT2D eigenvalue weighted by atomic mass is 9.80. The van der Waals surface area contributed by atoms with Gasteiger partial charge in [-0.05, 0) is 89.1 Å². The van der Waals surface area contributed by atoms with Crippen molar-refractivity contribution in [1.29, 1.82) is 0 Å². The molecule has 1 unspecified atom stereocenters. The molecule has 0 aliphatic heterocycles. The van der Waals surface area contributed by atoms with Crippen molar-refractivity contribution in [2.45, 2.75) is 25.9 Å². The van der Waals surface area contributed by atoms with E-state index in [9.17, 15) is 23.1 Å². The molecule has 1 aromatic heterocycles. The largest absolute Gasteiger partial charge is 0.491 e. The highest BCUT2D eigenvalue weighted by molar-refractivity contribution is 6.31. The van der Waals surface area contributed by atoms with Gasteiger partial charge in [0.15, 0.2) is 0 Å². The summed E-state index contributed by atoms with van der Waals surface area (Å²) < 4.78 is 51.1. The summed E-state index contributed by atoms with van der Waals surface area (Å²) in [6, 6.07) is 16.2. The second kappa shape index (κ2) is 11.5. The van der Waals surface area contributed by atoms with E-state index in [2.05, 4.69) is 6.92 Å². The molecule has 3 aromatic carbocycles. The molecule has 9 heteroatoms. The maximum Gasteiger partial charge on any atom is 0.417 e. The minimum absolute atomic E-state index is 0.154. The number of carboxylic acid groups (broad SMARTS) is 1. The van der Waals surface area contributed by atoms with Crippen LogP contribution >= 0.6 is 11.6 Å². The van der Waals surface area contributed by atoms with Crippen LogP contribution in [-0.2, 0) is 17.3 Å². The van der Waals surface area contributed by atoms with E-state index in [0.717, 1.165) is 17.2 Å². The van der Waals surface area contributed by atoms with Gasteiger partial charge >= 0.3 is 12.1 Å². The predicted octanol–water partition coefficient (Wildman–Crippen LogP) is 8.42. The van der Waals surface area contributed by atoms with E-state index >= 15 is 0 Å². The molecule has 1 N–H and O–H groups in total. The van der Waals surface area contributed by atoms with Crippen LogP contribution in [0.4, 0.5) is 13.2 Å². The number of alkyl halides is 3. The van der Waals surface area contributed by atoms with E-state index in [-0.39, 0.29) is 16.5 Å². The normalized spacial score (nSPS) is 16.1. The van der Waals surface area contributed by atoms with Crippen molar-refractivity contribution in [3.05, 3.63) is 93.6 Å². The number of benzene rings is 3. The molecule has 5 nitrogen and oxygen atoms in total. The first-order valence-corrected chi connectivity index (χ1v) is 13.4. The number of aromatic nitrogens is 1. The Labute approximate surface area is 240 Å². The number of methoxy groups -OCH3 is 1. The molecule has 0 bridgehead atoms. The molecule has 5 rings (SSSR count). The summed E-state index contributed by atoms with van der Waals surface area (Å²) in [5.74, 6) is -0.353. The fraction of sp³-hybridized carbons (Fsp3) is 0.250. The summed E-state index contributed by atoms with van der Waals surface area (Å²) in [7, 11) is 1.58. The number of hydrogen-bond donors (Lipinski definition) is 1. The molecule has 1 aliphatic carbocycles. The zero-order chi connectivity index (χ0) is 29.3. The highest BCUT2D eigenvalue weighted by Crippen LogP contribution is 2.40. The van der Waals surface area contributed by atoms with Crippen LogP contribution < -0.4 is 4.74 Å². The third-order valence-corrected chi connectivity index (χ3v) is 7.41. The maximum absolute atomic E-state index is 13.4. The molecule has 1 aliphatic rings. The fourth-order valence-electron chi connectivity index (χ4n) is 5.27. The first kappa shape index (κ1) is 28.6. The molecule has 0 radical (unpaired) electrons. The lowest BCUT2D eigenvalue weighted by Gasteiger charge is -2.26. The van der Waals surface area contributed by atoms with Gasteiger partial charge in [0.25, 0.3) is 0 Å². The molecule has 1 heterocycles. The number of allylic oxidation sites excluding steroid dienone is 1. The second-order valence-corrected chi connectivity index (χ2v) is 10.5. The summed E-state index contributed by atoms with van der Waals surface area (Å²) >= 11 is 5.81. The second-order valence-electron chi connectivity index (χ2n) is 10.1. The van der Waals surface area contributed by atoms with Crippen molar-refractivity contribution in [2.24, 2.45) is 5.92 Å². The van der Waals surface area contributed by atoms with Gasteiger partial charge in [-0.25, -0.2) is 9.78 Å². The molecule has 212 valence electrons. The summed E-state index contributed by atoms with van der Waals surface area (Å²) in [5.41, 5.74) is 3.76. The number of halogens is 4. The van der Waals surface area contributed by atoms with E-state index in [1.165, 1.54) is 6.07 Å². The Morgan fingerprint density at radius 3 is 2.59 bits per heavy atom.